The van der Waals surface area contributed by atoms with Crippen LogP contribution in [0.2, 0.25) is 0 Å². The first-order valence-electron chi connectivity index (χ1n) is 19.0. The van der Waals surface area contributed by atoms with Crippen LogP contribution in [0.3, 0.4) is 0 Å². The number of rotatable bonds is 7. The molecule has 2 atom stereocenters. The van der Waals surface area contributed by atoms with E-state index in [4.69, 9.17) is 4.42 Å². The van der Waals surface area contributed by atoms with Crippen LogP contribution < -0.4 is 10.4 Å². The molecule has 0 saturated carbocycles. The van der Waals surface area contributed by atoms with Gasteiger partial charge in [0.2, 0.25) is 0 Å². The molecule has 2 heteroatoms. The summed E-state index contributed by atoms with van der Waals surface area (Å²) in [4.78, 5) is 1.40. The van der Waals surface area contributed by atoms with Gasteiger partial charge in [0.05, 0.1) is 0 Å². The highest BCUT2D eigenvalue weighted by atomic mass is 32.1. The molecule has 1 nitrogen and oxygen atoms in total. The summed E-state index contributed by atoms with van der Waals surface area (Å²) in [5.74, 6) is 0.316. The average molecular weight is 713 g/mol. The van der Waals surface area contributed by atoms with Gasteiger partial charge in [0.1, 0.15) is 11.2 Å². The molecule has 2 unspecified atom stereocenters. The Morgan fingerprint density at radius 3 is 2.30 bits per heavy atom. The third kappa shape index (κ3) is 4.90. The number of thiophene rings is 1. The molecule has 2 heterocycles. The Hall–Kier alpha value is -5.96. The largest absolute Gasteiger partial charge is 0.456 e. The van der Waals surface area contributed by atoms with Crippen LogP contribution in [0.15, 0.2) is 134 Å². The van der Waals surface area contributed by atoms with Gasteiger partial charge in [0.15, 0.2) is 0 Å². The first kappa shape index (κ1) is 32.7. The van der Waals surface area contributed by atoms with Crippen molar-refractivity contribution in [1.82, 2.24) is 0 Å². The van der Waals surface area contributed by atoms with Gasteiger partial charge in [0.25, 0.3) is 0 Å². The summed E-state index contributed by atoms with van der Waals surface area (Å²) in [5.41, 5.74) is 12.7. The molecule has 0 bridgehead atoms. The fourth-order valence-electron chi connectivity index (χ4n) is 9.34. The maximum atomic E-state index is 6.49. The highest BCUT2D eigenvalue weighted by Gasteiger charge is 2.27. The molecule has 0 radical (unpaired) electrons. The van der Waals surface area contributed by atoms with E-state index in [-0.39, 0.29) is 11.8 Å². The van der Waals surface area contributed by atoms with Gasteiger partial charge >= 0.3 is 0 Å². The quantitative estimate of drug-likeness (QED) is 0.150. The third-order valence-electron chi connectivity index (χ3n) is 11.8. The lowest BCUT2D eigenvalue weighted by atomic mass is 9.75. The molecule has 3 aliphatic rings. The maximum Gasteiger partial charge on any atom is 0.136 e. The van der Waals surface area contributed by atoms with Crippen LogP contribution in [-0.4, -0.2) is 0 Å². The van der Waals surface area contributed by atoms with Crippen molar-refractivity contribution >= 4 is 90.1 Å². The molecule has 0 N–H and O–H groups in total. The fourth-order valence-corrected chi connectivity index (χ4v) is 10.6. The van der Waals surface area contributed by atoms with E-state index in [0.717, 1.165) is 64.5 Å². The van der Waals surface area contributed by atoms with Gasteiger partial charge in [-0.25, -0.2) is 0 Å². The van der Waals surface area contributed by atoms with Crippen molar-refractivity contribution in [2.45, 2.75) is 25.7 Å². The first-order chi connectivity index (χ1) is 26.6. The van der Waals surface area contributed by atoms with E-state index >= 15 is 0 Å². The van der Waals surface area contributed by atoms with Crippen molar-refractivity contribution in [2.24, 2.45) is 11.8 Å². The van der Waals surface area contributed by atoms with Crippen LogP contribution in [-0.2, 0) is 6.42 Å². The molecule has 3 aliphatic carbocycles. The smallest absolute Gasteiger partial charge is 0.136 e. The highest BCUT2D eigenvalue weighted by molar-refractivity contribution is 7.20. The Morgan fingerprint density at radius 1 is 0.704 bits per heavy atom. The lowest BCUT2D eigenvalue weighted by Crippen LogP contribution is -2.35. The van der Waals surface area contributed by atoms with Crippen molar-refractivity contribution < 1.29 is 4.42 Å². The molecule has 2 aromatic heterocycles. The minimum absolute atomic E-state index is 0.127. The van der Waals surface area contributed by atoms with E-state index in [9.17, 15) is 0 Å². The number of allylic oxidation sites excluding steroid dienone is 7. The normalized spacial score (nSPS) is 17.5. The van der Waals surface area contributed by atoms with Crippen molar-refractivity contribution in [2.75, 3.05) is 0 Å². The minimum atomic E-state index is 0.127. The zero-order valence-corrected chi connectivity index (χ0v) is 31.1. The third-order valence-corrected chi connectivity index (χ3v) is 13.0. The van der Waals surface area contributed by atoms with E-state index in [0.29, 0.717) is 0 Å². The van der Waals surface area contributed by atoms with Crippen LogP contribution in [0.25, 0.3) is 101 Å². The zero-order valence-electron chi connectivity index (χ0n) is 30.3. The van der Waals surface area contributed by atoms with Crippen LogP contribution in [0.1, 0.15) is 46.4 Å². The van der Waals surface area contributed by atoms with Crippen molar-refractivity contribution in [3.8, 4) is 22.3 Å². The molecule has 0 fully saturated rings. The first-order valence-corrected chi connectivity index (χ1v) is 19.8. The number of furan rings is 1. The van der Waals surface area contributed by atoms with Gasteiger partial charge in [-0.3, -0.25) is 0 Å². The molecule has 0 aliphatic heterocycles. The van der Waals surface area contributed by atoms with Crippen molar-refractivity contribution in [1.29, 1.82) is 0 Å². The summed E-state index contributed by atoms with van der Waals surface area (Å²) in [5, 5.41) is 8.78. The van der Waals surface area contributed by atoms with E-state index in [2.05, 4.69) is 142 Å². The molecule has 0 amide bonds. The summed E-state index contributed by atoms with van der Waals surface area (Å²) < 4.78 is 7.84. The van der Waals surface area contributed by atoms with Gasteiger partial charge in [-0.1, -0.05) is 104 Å². The van der Waals surface area contributed by atoms with E-state index in [1.807, 2.05) is 29.6 Å². The summed E-state index contributed by atoms with van der Waals surface area (Å²) in [6, 6.07) is 24.8. The topological polar surface area (TPSA) is 13.1 Å². The van der Waals surface area contributed by atoms with Gasteiger partial charge in [-0.05, 0) is 145 Å². The standard InChI is InChI=1S/C52H40OS/c1-5-31-15-14-21-40(36(31)6-2)51-38(8-4)37(7-3)50(41-19-9-10-20-42(41)51)35-17-13-16-32(27-35)33-23-25-46-45(28-33)52-43-30-49-44(29-34(43)24-26-47(52)53-46)39-18-11-12-22-48(39)54-49/h5-8,12-17,19-31,36H,1-4,9-11,18H2. The Kier molecular flexibility index (Phi) is 7.78. The zero-order chi connectivity index (χ0) is 36.5. The Labute approximate surface area is 320 Å². The Bertz CT molecular complexity index is 3020. The van der Waals surface area contributed by atoms with Gasteiger partial charge in [-0.2, -0.15) is 0 Å². The SMILES string of the molecule is C=Cc1c(C=C)c(-c2cccc(-c3ccc4oc5ccc6cc7c8c(sc7cc6c5c4c3)C=CCC8)c2)c2c(c1C1=CC=CC(C=C)C1C=C)=CCCC=2. The predicted octanol–water partition coefficient (Wildman–Crippen LogP) is 13.4. The second-order valence-corrected chi connectivity index (χ2v) is 15.8. The second kappa shape index (κ2) is 12.9. The monoisotopic (exact) mass is 712 g/mol. The Balaban J connectivity index is 1.15. The molecule has 0 saturated heterocycles. The molecule has 54 heavy (non-hydrogen) atoms. The number of hydrogen-bond donors (Lipinski definition) is 0. The van der Waals surface area contributed by atoms with Crippen molar-refractivity contribution in [3.05, 3.63) is 167 Å². The number of aryl methyl sites for hydroxylation is 1. The summed E-state index contributed by atoms with van der Waals surface area (Å²) in [6.07, 6.45) is 28.4. The van der Waals surface area contributed by atoms with Gasteiger partial charge in [0, 0.05) is 32.2 Å². The summed E-state index contributed by atoms with van der Waals surface area (Å²) >= 11 is 1.91. The lowest BCUT2D eigenvalue weighted by Gasteiger charge is -2.29. The summed E-state index contributed by atoms with van der Waals surface area (Å²) in [6.45, 7) is 17.1. The van der Waals surface area contributed by atoms with E-state index in [1.165, 1.54) is 69.4 Å². The van der Waals surface area contributed by atoms with Crippen LogP contribution in [0.5, 0.6) is 0 Å². The number of hydrogen-bond acceptors (Lipinski definition) is 2. The fraction of sp³-hybridized carbons (Fsp3) is 0.115. The predicted molar refractivity (Wildman–Crippen MR) is 237 cm³/mol. The Morgan fingerprint density at radius 2 is 1.48 bits per heavy atom. The minimum Gasteiger partial charge on any atom is -0.456 e. The van der Waals surface area contributed by atoms with Gasteiger partial charge in [-0.15, -0.1) is 24.5 Å². The molecule has 260 valence electrons. The summed E-state index contributed by atoms with van der Waals surface area (Å²) in [7, 11) is 0. The van der Waals surface area contributed by atoms with Crippen LogP contribution >= 0.6 is 11.3 Å². The van der Waals surface area contributed by atoms with Crippen molar-refractivity contribution in [3.63, 3.8) is 0 Å². The van der Waals surface area contributed by atoms with Gasteiger partial charge < -0.3 is 4.42 Å². The average Bonchev–Trinajstić information content (AvgIpc) is 3.79. The molecular weight excluding hydrogens is 673 g/mol. The number of benzene rings is 5. The maximum absolute atomic E-state index is 6.49. The number of fused-ring (bicyclic) bond motifs is 9. The molecular formula is C52H40OS. The second-order valence-electron chi connectivity index (χ2n) is 14.7. The lowest BCUT2D eigenvalue weighted by molar-refractivity contribution is 0.669. The molecule has 5 aromatic carbocycles. The molecule has 0 spiro atoms. The molecule has 10 rings (SSSR count). The van der Waals surface area contributed by atoms with E-state index < -0.39 is 0 Å². The highest BCUT2D eigenvalue weighted by Crippen LogP contribution is 2.43. The van der Waals surface area contributed by atoms with Crippen LogP contribution in [0, 0.1) is 11.8 Å². The molecule has 7 aromatic rings. The van der Waals surface area contributed by atoms with E-state index in [1.54, 1.807) is 0 Å². The van der Waals surface area contributed by atoms with Crippen LogP contribution in [0.4, 0.5) is 0 Å².